The molecule has 6 nitrogen and oxygen atoms in total. The Morgan fingerprint density at radius 1 is 1.00 bits per heavy atom. The summed E-state index contributed by atoms with van der Waals surface area (Å²) in [5, 5.41) is 4.51. The topological polar surface area (TPSA) is 65.5 Å². The van der Waals surface area contributed by atoms with Crippen LogP contribution < -0.4 is 5.32 Å². The highest BCUT2D eigenvalue weighted by Crippen LogP contribution is 2.35. The van der Waals surface area contributed by atoms with Crippen molar-refractivity contribution in [2.75, 3.05) is 18.8 Å². The minimum absolute atomic E-state index is 0.0219. The van der Waals surface area contributed by atoms with Crippen LogP contribution in [0.3, 0.4) is 0 Å². The predicted molar refractivity (Wildman–Crippen MR) is 143 cm³/mol. The van der Waals surface area contributed by atoms with Crippen LogP contribution in [0, 0.1) is 0 Å². The summed E-state index contributed by atoms with van der Waals surface area (Å²) in [4.78, 5) is 35.5. The Kier molecular flexibility index (Phi) is 7.39. The molecular formula is C29H32N4O2S. The molecule has 1 unspecified atom stereocenters. The van der Waals surface area contributed by atoms with Gasteiger partial charge in [-0.05, 0) is 35.4 Å². The molecule has 1 N–H and O–H groups in total. The number of carbonyl (C=O) groups excluding carboxylic acids is 2. The molecule has 0 bridgehead atoms. The summed E-state index contributed by atoms with van der Waals surface area (Å²) in [5.41, 5.74) is 2.46. The molecule has 3 aromatic rings. The lowest BCUT2D eigenvalue weighted by Crippen LogP contribution is -2.59. The van der Waals surface area contributed by atoms with Crippen LogP contribution in [-0.2, 0) is 17.8 Å². The lowest BCUT2D eigenvalue weighted by atomic mass is 9.94. The minimum atomic E-state index is -0.459. The van der Waals surface area contributed by atoms with Gasteiger partial charge in [0.1, 0.15) is 5.03 Å². The molecule has 0 aliphatic carbocycles. The molecule has 2 aromatic carbocycles. The second-order valence-corrected chi connectivity index (χ2v) is 10.7. The van der Waals surface area contributed by atoms with Gasteiger partial charge in [-0.3, -0.25) is 14.9 Å². The van der Waals surface area contributed by atoms with Gasteiger partial charge in [-0.15, -0.1) is 11.8 Å². The smallest absolute Gasteiger partial charge is 0.256 e. The molecule has 36 heavy (non-hydrogen) atoms. The van der Waals surface area contributed by atoms with Crippen molar-refractivity contribution in [2.45, 2.75) is 49.5 Å². The number of nitrogens with one attached hydrogen (secondary N) is 1. The molecule has 0 radical (unpaired) electrons. The summed E-state index contributed by atoms with van der Waals surface area (Å²) in [6.07, 6.45) is 3.78. The Morgan fingerprint density at radius 3 is 2.33 bits per heavy atom. The normalized spacial score (nSPS) is 19.1. The number of piperidine rings is 1. The van der Waals surface area contributed by atoms with Crippen LogP contribution in [0.5, 0.6) is 0 Å². The summed E-state index contributed by atoms with van der Waals surface area (Å²) in [7, 11) is 0. The Labute approximate surface area is 217 Å². The number of hydrogen-bond donors (Lipinski definition) is 1. The van der Waals surface area contributed by atoms with Crippen molar-refractivity contribution in [2.24, 2.45) is 0 Å². The van der Waals surface area contributed by atoms with Gasteiger partial charge in [0.05, 0.1) is 17.3 Å². The van der Waals surface area contributed by atoms with E-state index in [1.54, 1.807) is 18.0 Å². The van der Waals surface area contributed by atoms with Crippen molar-refractivity contribution in [1.29, 1.82) is 0 Å². The third kappa shape index (κ3) is 5.04. The van der Waals surface area contributed by atoms with Crippen molar-refractivity contribution in [3.8, 4) is 0 Å². The molecule has 1 atom stereocenters. The number of amides is 2. The first-order valence-corrected chi connectivity index (χ1v) is 13.6. The van der Waals surface area contributed by atoms with Crippen molar-refractivity contribution in [1.82, 2.24) is 20.1 Å². The Bertz CT molecular complexity index is 1200. The molecule has 3 heterocycles. The van der Waals surface area contributed by atoms with E-state index < -0.39 is 5.66 Å². The van der Waals surface area contributed by atoms with Crippen LogP contribution in [-0.4, -0.2) is 57.1 Å². The summed E-state index contributed by atoms with van der Waals surface area (Å²) in [6, 6.07) is 23.7. The number of carbonyl (C=O) groups is 2. The first kappa shape index (κ1) is 24.5. The lowest BCUT2D eigenvalue weighted by Gasteiger charge is -2.44. The number of aromatic nitrogens is 1. The fourth-order valence-electron chi connectivity index (χ4n) is 5.32. The van der Waals surface area contributed by atoms with Crippen LogP contribution in [0.15, 0.2) is 84.0 Å². The van der Waals surface area contributed by atoms with Crippen LogP contribution in [0.25, 0.3) is 0 Å². The zero-order valence-electron chi connectivity index (χ0n) is 20.6. The van der Waals surface area contributed by atoms with E-state index in [0.29, 0.717) is 44.5 Å². The maximum atomic E-state index is 13.7. The Balaban J connectivity index is 1.36. The molecule has 0 saturated carbocycles. The number of likely N-dealkylation sites (tertiary alicyclic amines) is 1. The average Bonchev–Trinajstić information content (AvgIpc) is 3.15. The minimum Gasteiger partial charge on any atom is -0.338 e. The molecule has 1 spiro atoms. The van der Waals surface area contributed by atoms with E-state index in [1.165, 1.54) is 0 Å². The number of hydrogen-bond acceptors (Lipinski definition) is 5. The van der Waals surface area contributed by atoms with Crippen LogP contribution in [0.2, 0.25) is 0 Å². The maximum absolute atomic E-state index is 13.7. The summed E-state index contributed by atoms with van der Waals surface area (Å²) in [6.45, 7) is 3.81. The monoisotopic (exact) mass is 500 g/mol. The highest BCUT2D eigenvalue weighted by atomic mass is 32.2. The van der Waals surface area contributed by atoms with E-state index in [4.69, 9.17) is 0 Å². The molecule has 5 rings (SSSR count). The van der Waals surface area contributed by atoms with Gasteiger partial charge in [-0.25, -0.2) is 4.98 Å². The van der Waals surface area contributed by atoms with Crippen molar-refractivity contribution in [3.05, 3.63) is 95.7 Å². The molecule has 186 valence electrons. The predicted octanol–water partition coefficient (Wildman–Crippen LogP) is 4.37. The first-order chi connectivity index (χ1) is 17.6. The third-order valence-electron chi connectivity index (χ3n) is 7.15. The molecule has 7 heteroatoms. The van der Waals surface area contributed by atoms with Gasteiger partial charge in [0.25, 0.3) is 5.91 Å². The van der Waals surface area contributed by atoms with E-state index in [0.717, 1.165) is 21.9 Å². The second kappa shape index (κ2) is 10.8. The number of pyridine rings is 1. The van der Waals surface area contributed by atoms with E-state index >= 15 is 0 Å². The van der Waals surface area contributed by atoms with Crippen LogP contribution in [0.4, 0.5) is 0 Å². The zero-order chi connectivity index (χ0) is 25.0. The molecular weight excluding hydrogens is 468 g/mol. The quantitative estimate of drug-likeness (QED) is 0.488. The van der Waals surface area contributed by atoms with Gasteiger partial charge < -0.3 is 9.80 Å². The van der Waals surface area contributed by atoms with Crippen LogP contribution >= 0.6 is 11.8 Å². The van der Waals surface area contributed by atoms with E-state index in [1.807, 2.05) is 58.3 Å². The van der Waals surface area contributed by atoms with Gasteiger partial charge in [0.2, 0.25) is 5.91 Å². The molecule has 2 aliphatic heterocycles. The van der Waals surface area contributed by atoms with Crippen molar-refractivity contribution >= 4 is 23.6 Å². The van der Waals surface area contributed by atoms with Crippen molar-refractivity contribution < 1.29 is 9.59 Å². The van der Waals surface area contributed by atoms with Crippen LogP contribution in [0.1, 0.15) is 41.3 Å². The number of benzene rings is 2. The molecule has 2 amide bonds. The highest BCUT2D eigenvalue weighted by molar-refractivity contribution is 7.99. The van der Waals surface area contributed by atoms with Gasteiger partial charge in [0.15, 0.2) is 0 Å². The van der Waals surface area contributed by atoms with E-state index in [-0.39, 0.29) is 17.9 Å². The summed E-state index contributed by atoms with van der Waals surface area (Å²) in [5.74, 6) is 1.02. The Morgan fingerprint density at radius 2 is 1.67 bits per heavy atom. The highest BCUT2D eigenvalue weighted by Gasteiger charge is 2.51. The van der Waals surface area contributed by atoms with Gasteiger partial charge in [-0.1, -0.05) is 67.6 Å². The molecule has 1 aromatic heterocycles. The molecule has 2 aliphatic rings. The zero-order valence-corrected chi connectivity index (χ0v) is 21.4. The van der Waals surface area contributed by atoms with Gasteiger partial charge in [-0.2, -0.15) is 0 Å². The largest absolute Gasteiger partial charge is 0.338 e. The third-order valence-corrected chi connectivity index (χ3v) is 8.04. The standard InChI is InChI=1S/C29H32N4O2S/c1-2-36-26-24(14-9-17-30-26)27(34)32-18-15-29(16-19-32)31-25(20-22-10-5-3-6-11-22)28(35)33(29)21-23-12-7-4-8-13-23/h3-14,17,25,31H,2,15-16,18-21H2,1H3. The average molecular weight is 501 g/mol. The first-order valence-electron chi connectivity index (χ1n) is 12.6. The number of rotatable bonds is 7. The van der Waals surface area contributed by atoms with Gasteiger partial charge in [0, 0.05) is 38.7 Å². The summed E-state index contributed by atoms with van der Waals surface area (Å²) < 4.78 is 0. The number of thioether (sulfide) groups is 1. The maximum Gasteiger partial charge on any atom is 0.256 e. The van der Waals surface area contributed by atoms with E-state index in [2.05, 4.69) is 41.5 Å². The fourth-order valence-corrected chi connectivity index (χ4v) is 6.04. The SMILES string of the molecule is CCSc1ncccc1C(=O)N1CCC2(CC1)NC(Cc1ccccc1)C(=O)N2Cc1ccccc1. The summed E-state index contributed by atoms with van der Waals surface area (Å²) >= 11 is 1.59. The van der Waals surface area contributed by atoms with Gasteiger partial charge >= 0.3 is 0 Å². The van der Waals surface area contributed by atoms with E-state index in [9.17, 15) is 9.59 Å². The van der Waals surface area contributed by atoms with Crippen molar-refractivity contribution in [3.63, 3.8) is 0 Å². The molecule has 2 fully saturated rings. The fraction of sp³-hybridized carbons (Fsp3) is 0.345. The second-order valence-electron chi connectivity index (χ2n) is 9.41. The molecule has 2 saturated heterocycles. The Hall–Kier alpha value is -3.16. The lowest BCUT2D eigenvalue weighted by molar-refractivity contribution is -0.134. The number of nitrogens with zero attached hydrogens (tertiary/aromatic N) is 3.